The van der Waals surface area contributed by atoms with Crippen molar-refractivity contribution in [2.75, 3.05) is 19.6 Å². The Morgan fingerprint density at radius 3 is 2.72 bits per heavy atom. The number of nitrogens with one attached hydrogen (secondary N) is 1. The molecule has 0 spiro atoms. The highest BCUT2D eigenvalue weighted by atomic mass is 19.4. The molecule has 1 aliphatic heterocycles. The van der Waals surface area contributed by atoms with Gasteiger partial charge in [0, 0.05) is 31.9 Å². The summed E-state index contributed by atoms with van der Waals surface area (Å²) in [6, 6.07) is 4.85. The topological polar surface area (TPSA) is 76.2 Å². The van der Waals surface area contributed by atoms with E-state index >= 15 is 0 Å². The van der Waals surface area contributed by atoms with Gasteiger partial charge < -0.3 is 14.6 Å². The molecule has 0 aliphatic carbocycles. The average molecular weight is 405 g/mol. The largest absolute Gasteiger partial charge is 0.444 e. The maximum atomic E-state index is 12.7. The Morgan fingerprint density at radius 1 is 1.28 bits per heavy atom. The number of aromatic nitrogens is 3. The van der Waals surface area contributed by atoms with Crippen LogP contribution in [-0.4, -0.2) is 51.2 Å². The minimum Gasteiger partial charge on any atom is -0.444 e. The van der Waals surface area contributed by atoms with E-state index in [9.17, 15) is 18.0 Å². The number of hydrogen-bond donors (Lipinski definition) is 1. The van der Waals surface area contributed by atoms with Gasteiger partial charge >= 0.3 is 6.18 Å². The lowest BCUT2D eigenvalue weighted by molar-refractivity contribution is -0.137. The van der Waals surface area contributed by atoms with E-state index in [1.54, 1.807) is 11.1 Å². The molecule has 0 radical (unpaired) electrons. The molecule has 152 valence electrons. The standard InChI is InChI=1S/C19H18F3N5O2/c1-12-9-26(7-6-23-12)18(28)16-11-29-17(25-16)13-8-24-27(10-13)15-4-2-14(3-5-15)19(20,21)22/h2-5,8,10-12,23H,6-7,9H2,1H3/t12-/m0/s1. The van der Waals surface area contributed by atoms with Gasteiger partial charge in [-0.2, -0.15) is 18.3 Å². The summed E-state index contributed by atoms with van der Waals surface area (Å²) in [5.41, 5.74) is 0.447. The van der Waals surface area contributed by atoms with Crippen molar-refractivity contribution in [3.8, 4) is 17.1 Å². The zero-order chi connectivity index (χ0) is 20.6. The van der Waals surface area contributed by atoms with Crippen molar-refractivity contribution in [1.29, 1.82) is 0 Å². The van der Waals surface area contributed by atoms with Crippen molar-refractivity contribution in [3.05, 3.63) is 54.2 Å². The van der Waals surface area contributed by atoms with Crippen molar-refractivity contribution in [1.82, 2.24) is 25.0 Å². The third-order valence-electron chi connectivity index (χ3n) is 4.67. The average Bonchev–Trinajstić information content (AvgIpc) is 3.36. The van der Waals surface area contributed by atoms with Crippen molar-refractivity contribution in [2.24, 2.45) is 0 Å². The minimum atomic E-state index is -4.39. The second-order valence-electron chi connectivity index (χ2n) is 6.86. The van der Waals surface area contributed by atoms with Crippen LogP contribution in [0, 0.1) is 0 Å². The molecule has 0 unspecified atom stereocenters. The Bertz CT molecular complexity index is 1010. The number of rotatable bonds is 3. The molecule has 1 N–H and O–H groups in total. The first-order valence-electron chi connectivity index (χ1n) is 9.02. The summed E-state index contributed by atoms with van der Waals surface area (Å²) in [7, 11) is 0. The van der Waals surface area contributed by atoms with Crippen LogP contribution in [0.15, 0.2) is 47.3 Å². The van der Waals surface area contributed by atoms with Gasteiger partial charge in [-0.1, -0.05) is 0 Å². The highest BCUT2D eigenvalue weighted by Crippen LogP contribution is 2.29. The Hall–Kier alpha value is -3.14. The minimum absolute atomic E-state index is 0.205. The first kappa shape index (κ1) is 19.2. The number of halogens is 3. The molecule has 7 nitrogen and oxygen atoms in total. The Balaban J connectivity index is 1.51. The Morgan fingerprint density at radius 2 is 2.03 bits per heavy atom. The number of carbonyl (C=O) groups is 1. The fourth-order valence-corrected chi connectivity index (χ4v) is 3.16. The summed E-state index contributed by atoms with van der Waals surface area (Å²) in [6.07, 6.45) is -0.0307. The quantitative estimate of drug-likeness (QED) is 0.725. The van der Waals surface area contributed by atoms with Crippen LogP contribution in [0.4, 0.5) is 13.2 Å². The zero-order valence-corrected chi connectivity index (χ0v) is 15.5. The van der Waals surface area contributed by atoms with Crippen LogP contribution in [0.5, 0.6) is 0 Å². The van der Waals surface area contributed by atoms with Crippen LogP contribution in [0.1, 0.15) is 23.0 Å². The number of amides is 1. The summed E-state index contributed by atoms with van der Waals surface area (Å²) >= 11 is 0. The van der Waals surface area contributed by atoms with Crippen molar-refractivity contribution >= 4 is 5.91 Å². The van der Waals surface area contributed by atoms with E-state index in [1.807, 2.05) is 6.92 Å². The Labute approximate surface area is 164 Å². The number of benzene rings is 1. The fourth-order valence-electron chi connectivity index (χ4n) is 3.16. The third kappa shape index (κ3) is 4.02. The molecule has 29 heavy (non-hydrogen) atoms. The number of alkyl halides is 3. The van der Waals surface area contributed by atoms with Gasteiger partial charge in [0.25, 0.3) is 5.91 Å². The number of oxazole rings is 1. The lowest BCUT2D eigenvalue weighted by atomic mass is 10.2. The molecule has 1 atom stereocenters. The second-order valence-corrected chi connectivity index (χ2v) is 6.86. The predicted octanol–water partition coefficient (Wildman–Crippen LogP) is 2.98. The van der Waals surface area contributed by atoms with Gasteiger partial charge in [0.15, 0.2) is 5.69 Å². The van der Waals surface area contributed by atoms with Crippen molar-refractivity contribution in [3.63, 3.8) is 0 Å². The van der Waals surface area contributed by atoms with E-state index in [0.29, 0.717) is 24.3 Å². The molecule has 4 rings (SSSR count). The van der Waals surface area contributed by atoms with E-state index in [2.05, 4.69) is 15.4 Å². The van der Waals surface area contributed by atoms with Gasteiger partial charge in [0.1, 0.15) is 6.26 Å². The van der Waals surface area contributed by atoms with Crippen LogP contribution in [0.3, 0.4) is 0 Å². The van der Waals surface area contributed by atoms with Crippen LogP contribution < -0.4 is 5.32 Å². The third-order valence-corrected chi connectivity index (χ3v) is 4.67. The van der Waals surface area contributed by atoms with Gasteiger partial charge in [-0.05, 0) is 31.2 Å². The van der Waals surface area contributed by atoms with Crippen LogP contribution >= 0.6 is 0 Å². The first-order chi connectivity index (χ1) is 13.8. The number of hydrogen-bond acceptors (Lipinski definition) is 5. The van der Waals surface area contributed by atoms with Crippen molar-refractivity contribution < 1.29 is 22.4 Å². The normalized spacial score (nSPS) is 17.5. The van der Waals surface area contributed by atoms with Crippen LogP contribution in [0.2, 0.25) is 0 Å². The molecule has 10 heteroatoms. The number of nitrogens with zero attached hydrogens (tertiary/aromatic N) is 4. The van der Waals surface area contributed by atoms with E-state index in [1.165, 1.54) is 29.3 Å². The van der Waals surface area contributed by atoms with Gasteiger partial charge in [0.2, 0.25) is 5.89 Å². The summed E-state index contributed by atoms with van der Waals surface area (Å²) < 4.78 is 44.9. The molecule has 0 saturated carbocycles. The first-order valence-corrected chi connectivity index (χ1v) is 9.02. The van der Waals surface area contributed by atoms with E-state index in [-0.39, 0.29) is 23.5 Å². The number of piperazine rings is 1. The van der Waals surface area contributed by atoms with Gasteiger partial charge in [-0.25, -0.2) is 9.67 Å². The highest BCUT2D eigenvalue weighted by molar-refractivity contribution is 5.92. The maximum Gasteiger partial charge on any atom is 0.416 e. The zero-order valence-electron chi connectivity index (χ0n) is 15.5. The molecular weight excluding hydrogens is 387 g/mol. The lowest BCUT2D eigenvalue weighted by Gasteiger charge is -2.31. The molecule has 1 amide bonds. The van der Waals surface area contributed by atoms with Crippen molar-refractivity contribution in [2.45, 2.75) is 19.1 Å². The molecular formula is C19H18F3N5O2. The molecule has 1 fully saturated rings. The van der Waals surface area contributed by atoms with Gasteiger partial charge in [-0.15, -0.1) is 0 Å². The maximum absolute atomic E-state index is 12.7. The molecule has 3 aromatic rings. The van der Waals surface area contributed by atoms with E-state index in [0.717, 1.165) is 18.7 Å². The monoisotopic (exact) mass is 405 g/mol. The molecule has 3 heterocycles. The molecule has 1 saturated heterocycles. The summed E-state index contributed by atoms with van der Waals surface area (Å²) in [5, 5.41) is 7.41. The fraction of sp³-hybridized carbons (Fsp3) is 0.316. The molecule has 1 aliphatic rings. The summed E-state index contributed by atoms with van der Waals surface area (Å²) in [5.74, 6) is 0.0122. The number of carbonyl (C=O) groups excluding carboxylic acids is 1. The van der Waals surface area contributed by atoms with Crippen LogP contribution in [-0.2, 0) is 6.18 Å². The molecule has 2 aromatic heterocycles. The smallest absolute Gasteiger partial charge is 0.416 e. The summed E-state index contributed by atoms with van der Waals surface area (Å²) in [6.45, 7) is 3.91. The molecule has 0 bridgehead atoms. The predicted molar refractivity (Wildman–Crippen MR) is 97.4 cm³/mol. The summed E-state index contributed by atoms with van der Waals surface area (Å²) in [4.78, 5) is 18.6. The lowest BCUT2D eigenvalue weighted by Crippen LogP contribution is -2.51. The SMILES string of the molecule is C[C@H]1CN(C(=O)c2coc(-c3cnn(-c4ccc(C(F)(F)F)cc4)c3)n2)CCN1. The van der Waals surface area contributed by atoms with E-state index in [4.69, 9.17) is 4.42 Å². The second kappa shape index (κ2) is 7.36. The van der Waals surface area contributed by atoms with Crippen LogP contribution in [0.25, 0.3) is 17.1 Å². The van der Waals surface area contributed by atoms with Gasteiger partial charge in [0.05, 0.1) is 23.0 Å². The Kier molecular flexibility index (Phi) is 4.87. The van der Waals surface area contributed by atoms with Gasteiger partial charge in [-0.3, -0.25) is 4.79 Å². The molecule has 1 aromatic carbocycles. The highest BCUT2D eigenvalue weighted by Gasteiger charge is 2.30. The van der Waals surface area contributed by atoms with E-state index < -0.39 is 11.7 Å².